The van der Waals surface area contributed by atoms with Gasteiger partial charge in [-0.25, -0.2) is 0 Å². The fourth-order valence-corrected chi connectivity index (χ4v) is 1.74. The van der Waals surface area contributed by atoms with Gasteiger partial charge in [0.15, 0.2) is 0 Å². The Morgan fingerprint density at radius 2 is 0.933 bits per heavy atom. The molecule has 4 rings (SSSR count). The number of hydrogen-bond acceptors (Lipinski definition) is 4. The molecule has 2 atom stereocenters. The second-order valence-corrected chi connectivity index (χ2v) is 5.87. The lowest BCUT2D eigenvalue weighted by Gasteiger charge is -2.01. The Bertz CT molecular complexity index is 500. The van der Waals surface area contributed by atoms with E-state index in [0.29, 0.717) is 25.4 Å². The molecule has 0 saturated carbocycles. The molecule has 2 unspecified atom stereocenters. The van der Waals surface area contributed by atoms with Gasteiger partial charge in [0.25, 0.3) is 0 Å². The summed E-state index contributed by atoms with van der Waals surface area (Å²) in [4.78, 5) is 0. The van der Waals surface area contributed by atoms with Crippen LogP contribution in [0.3, 0.4) is 0 Å². The van der Waals surface area contributed by atoms with Gasteiger partial charge in [0.2, 0.25) is 0 Å². The maximum atomic E-state index is 5.40. The summed E-state index contributed by atoms with van der Waals surface area (Å²) < 4.78 is 20.8. The van der Waals surface area contributed by atoms with E-state index in [2.05, 4.69) is 13.8 Å². The van der Waals surface area contributed by atoms with Crippen molar-refractivity contribution in [2.24, 2.45) is 0 Å². The lowest BCUT2D eigenvalue weighted by atomic mass is 10.3. The molecule has 2 saturated heterocycles. The highest BCUT2D eigenvalue weighted by Crippen LogP contribution is 2.14. The molecular weight excluding hydrogens is 376 g/mol. The van der Waals surface area contributed by atoms with Gasteiger partial charge >= 0.3 is 0 Å². The number of epoxide rings is 2. The summed E-state index contributed by atoms with van der Waals surface area (Å²) in [7, 11) is 0. The van der Waals surface area contributed by atoms with Crippen molar-refractivity contribution in [1.29, 1.82) is 0 Å². The summed E-state index contributed by atoms with van der Waals surface area (Å²) in [5.74, 6) is 1.84. The molecule has 0 aliphatic carbocycles. The van der Waals surface area contributed by atoms with Gasteiger partial charge in [-0.2, -0.15) is 0 Å². The van der Waals surface area contributed by atoms with Crippen molar-refractivity contribution >= 4 is 0 Å². The SMILES string of the molecule is C.CC.CC.CCC.c1ccc(OCC2CO2)cc1.c1ccc(OCC2CO2)cc1. The largest absolute Gasteiger partial charge is 0.491 e. The zero-order chi connectivity index (χ0) is 21.7. The molecular formula is C26H44O4. The van der Waals surface area contributed by atoms with E-state index >= 15 is 0 Å². The molecule has 4 nitrogen and oxygen atoms in total. The maximum absolute atomic E-state index is 5.40. The van der Waals surface area contributed by atoms with Gasteiger partial charge in [-0.1, -0.05) is 91.8 Å². The monoisotopic (exact) mass is 420 g/mol. The number of benzene rings is 2. The molecule has 2 heterocycles. The molecule has 2 aromatic rings. The zero-order valence-corrected chi connectivity index (χ0v) is 19.1. The van der Waals surface area contributed by atoms with Gasteiger partial charge in [0.1, 0.15) is 36.9 Å². The van der Waals surface area contributed by atoms with E-state index in [0.717, 1.165) is 24.7 Å². The van der Waals surface area contributed by atoms with Crippen LogP contribution in [-0.2, 0) is 9.47 Å². The minimum Gasteiger partial charge on any atom is -0.491 e. The van der Waals surface area contributed by atoms with Gasteiger partial charge in [0, 0.05) is 0 Å². The van der Waals surface area contributed by atoms with Crippen molar-refractivity contribution in [3.8, 4) is 11.5 Å². The molecule has 0 spiro atoms. The molecule has 30 heavy (non-hydrogen) atoms. The smallest absolute Gasteiger partial charge is 0.119 e. The minimum atomic E-state index is 0. The first kappa shape index (κ1) is 30.2. The summed E-state index contributed by atoms with van der Waals surface area (Å²) in [6, 6.07) is 19.6. The number of para-hydroxylation sites is 2. The molecule has 0 bridgehead atoms. The van der Waals surface area contributed by atoms with Gasteiger partial charge in [-0.05, 0) is 24.3 Å². The van der Waals surface area contributed by atoms with Crippen LogP contribution in [0.5, 0.6) is 11.5 Å². The Morgan fingerprint density at radius 1 is 0.667 bits per heavy atom. The number of ether oxygens (including phenoxy) is 4. The van der Waals surface area contributed by atoms with Crippen molar-refractivity contribution < 1.29 is 18.9 Å². The Kier molecular flexibility index (Phi) is 21.8. The Morgan fingerprint density at radius 3 is 1.17 bits per heavy atom. The minimum absolute atomic E-state index is 0. The lowest BCUT2D eigenvalue weighted by Crippen LogP contribution is -2.03. The highest BCUT2D eigenvalue weighted by atomic mass is 16.6. The molecule has 2 aliphatic heterocycles. The van der Waals surface area contributed by atoms with Crippen molar-refractivity contribution in [2.45, 2.75) is 67.6 Å². The van der Waals surface area contributed by atoms with E-state index in [-0.39, 0.29) is 7.43 Å². The van der Waals surface area contributed by atoms with Crippen LogP contribution in [-0.4, -0.2) is 38.6 Å². The van der Waals surface area contributed by atoms with E-state index in [1.165, 1.54) is 6.42 Å². The van der Waals surface area contributed by atoms with Gasteiger partial charge < -0.3 is 18.9 Å². The average molecular weight is 421 g/mol. The molecule has 0 aromatic heterocycles. The van der Waals surface area contributed by atoms with Crippen molar-refractivity contribution in [2.75, 3.05) is 26.4 Å². The predicted octanol–water partition coefficient (Wildman–Crippen LogP) is 7.03. The third-order valence-electron chi connectivity index (χ3n) is 3.16. The van der Waals surface area contributed by atoms with Crippen molar-refractivity contribution in [3.05, 3.63) is 60.7 Å². The molecule has 172 valence electrons. The number of rotatable bonds is 6. The average Bonchev–Trinajstić information content (AvgIpc) is 3.72. The molecule has 4 heteroatoms. The molecule has 0 amide bonds. The third-order valence-corrected chi connectivity index (χ3v) is 3.16. The highest BCUT2D eigenvalue weighted by Gasteiger charge is 2.23. The van der Waals surface area contributed by atoms with E-state index in [9.17, 15) is 0 Å². The third kappa shape index (κ3) is 18.0. The predicted molar refractivity (Wildman–Crippen MR) is 129 cm³/mol. The summed E-state index contributed by atoms with van der Waals surface area (Å²) >= 11 is 0. The number of hydrogen-bond donors (Lipinski definition) is 0. The fourth-order valence-electron chi connectivity index (χ4n) is 1.74. The zero-order valence-electron chi connectivity index (χ0n) is 19.1. The van der Waals surface area contributed by atoms with Crippen LogP contribution >= 0.6 is 0 Å². The summed E-state index contributed by atoms with van der Waals surface area (Å²) in [6.07, 6.45) is 1.94. The maximum Gasteiger partial charge on any atom is 0.119 e. The van der Waals surface area contributed by atoms with E-state index in [4.69, 9.17) is 18.9 Å². The molecule has 0 N–H and O–H groups in total. The molecule has 2 aliphatic rings. The fraction of sp³-hybridized carbons (Fsp3) is 0.538. The van der Waals surface area contributed by atoms with Gasteiger partial charge in [-0.15, -0.1) is 0 Å². The standard InChI is InChI=1S/2C9H10O2.C3H8.2C2H6.CH4/c2*1-2-4-8(5-3-1)10-6-9-7-11-9;1-3-2;2*1-2;/h2*1-5,9H,6-7H2;3H2,1-2H3;2*1-2H3;1H4. The van der Waals surface area contributed by atoms with Crippen LogP contribution in [0.4, 0.5) is 0 Å². The normalized spacial score (nSPS) is 16.6. The van der Waals surface area contributed by atoms with E-state index in [1.54, 1.807) is 0 Å². The van der Waals surface area contributed by atoms with Crippen LogP contribution in [0.25, 0.3) is 0 Å². The van der Waals surface area contributed by atoms with E-state index in [1.807, 2.05) is 88.4 Å². The summed E-state index contributed by atoms with van der Waals surface area (Å²) in [5.41, 5.74) is 0. The topological polar surface area (TPSA) is 43.5 Å². The molecule has 2 fully saturated rings. The first-order chi connectivity index (χ1) is 14.3. The lowest BCUT2D eigenvalue weighted by molar-refractivity contribution is 0.263. The van der Waals surface area contributed by atoms with Crippen LogP contribution in [0, 0.1) is 0 Å². The van der Waals surface area contributed by atoms with Crippen LogP contribution in [0.1, 0.15) is 55.4 Å². The first-order valence-electron chi connectivity index (χ1n) is 10.9. The molecule has 0 radical (unpaired) electrons. The van der Waals surface area contributed by atoms with E-state index < -0.39 is 0 Å². The van der Waals surface area contributed by atoms with Crippen LogP contribution < -0.4 is 9.47 Å². The Labute approximate surface area is 185 Å². The second kappa shape index (κ2) is 21.7. The van der Waals surface area contributed by atoms with Crippen LogP contribution in [0.15, 0.2) is 60.7 Å². The highest BCUT2D eigenvalue weighted by molar-refractivity contribution is 5.21. The summed E-state index contributed by atoms with van der Waals surface area (Å²) in [5, 5.41) is 0. The first-order valence-corrected chi connectivity index (χ1v) is 10.9. The quantitative estimate of drug-likeness (QED) is 0.470. The second-order valence-electron chi connectivity index (χ2n) is 5.87. The summed E-state index contributed by atoms with van der Waals surface area (Å²) in [6.45, 7) is 15.3. The Hall–Kier alpha value is -2.04. The van der Waals surface area contributed by atoms with Gasteiger partial charge in [0.05, 0.1) is 13.2 Å². The van der Waals surface area contributed by atoms with Gasteiger partial charge in [-0.3, -0.25) is 0 Å². The Balaban J connectivity index is 0. The molecule has 2 aromatic carbocycles. The van der Waals surface area contributed by atoms with Crippen LogP contribution in [0.2, 0.25) is 0 Å². The van der Waals surface area contributed by atoms with Crippen molar-refractivity contribution in [3.63, 3.8) is 0 Å². The van der Waals surface area contributed by atoms with Crippen molar-refractivity contribution in [1.82, 2.24) is 0 Å².